The Morgan fingerprint density at radius 3 is 2.67 bits per heavy atom. The van der Waals surface area contributed by atoms with Crippen molar-refractivity contribution >= 4 is 23.3 Å². The Kier molecular flexibility index (Phi) is 3.37. The van der Waals surface area contributed by atoms with Gasteiger partial charge < -0.3 is 4.42 Å². The molecular weight excluding hydrogens is 290 g/mol. The van der Waals surface area contributed by atoms with Gasteiger partial charge in [-0.1, -0.05) is 6.07 Å². The molecule has 0 unspecified atom stereocenters. The van der Waals surface area contributed by atoms with E-state index in [2.05, 4.69) is 0 Å². The lowest BCUT2D eigenvalue weighted by Crippen LogP contribution is -1.91. The Labute approximate surface area is 123 Å². The fourth-order valence-electron chi connectivity index (χ4n) is 2.05. The summed E-state index contributed by atoms with van der Waals surface area (Å²) >= 11 is 1.55. The van der Waals surface area contributed by atoms with E-state index in [9.17, 15) is 14.9 Å². The van der Waals surface area contributed by atoms with Gasteiger partial charge in [0, 0.05) is 10.9 Å². The molecular formula is C15H9NO4S. The number of carbonyl (C=O) groups is 1. The molecule has 0 amide bonds. The Morgan fingerprint density at radius 2 is 2.05 bits per heavy atom. The number of hydrogen-bond acceptors (Lipinski definition) is 5. The number of furan rings is 1. The average molecular weight is 299 g/mol. The minimum absolute atomic E-state index is 0.0536. The summed E-state index contributed by atoms with van der Waals surface area (Å²) < 4.78 is 5.31. The van der Waals surface area contributed by atoms with Crippen LogP contribution in [0.25, 0.3) is 21.8 Å². The summed E-state index contributed by atoms with van der Waals surface area (Å²) in [6.45, 7) is 0. The zero-order chi connectivity index (χ0) is 14.8. The van der Waals surface area contributed by atoms with Crippen molar-refractivity contribution in [3.8, 4) is 21.8 Å². The first-order valence-electron chi connectivity index (χ1n) is 6.07. The van der Waals surface area contributed by atoms with Crippen LogP contribution in [-0.4, -0.2) is 11.2 Å². The van der Waals surface area contributed by atoms with Crippen molar-refractivity contribution in [1.29, 1.82) is 0 Å². The Morgan fingerprint density at radius 1 is 1.19 bits per heavy atom. The normalized spacial score (nSPS) is 10.5. The first-order valence-corrected chi connectivity index (χ1v) is 6.94. The highest BCUT2D eigenvalue weighted by atomic mass is 32.1. The largest absolute Gasteiger partial charge is 0.453 e. The summed E-state index contributed by atoms with van der Waals surface area (Å²) in [6.07, 6.45) is 0.568. The number of thiophene rings is 1. The van der Waals surface area contributed by atoms with Crippen LogP contribution in [0.3, 0.4) is 0 Å². The average Bonchev–Trinajstić information content (AvgIpc) is 3.18. The molecule has 3 aromatic rings. The Balaban J connectivity index is 2.17. The van der Waals surface area contributed by atoms with Gasteiger partial charge in [0.1, 0.15) is 5.76 Å². The second-order valence-electron chi connectivity index (χ2n) is 4.29. The van der Waals surface area contributed by atoms with Gasteiger partial charge in [0.05, 0.1) is 10.5 Å². The molecule has 6 heteroatoms. The number of nitrogens with zero attached hydrogens (tertiary/aromatic N) is 1. The molecule has 3 rings (SSSR count). The van der Waals surface area contributed by atoms with Gasteiger partial charge in [-0.15, -0.1) is 11.3 Å². The van der Waals surface area contributed by atoms with E-state index in [-0.39, 0.29) is 11.4 Å². The number of aldehydes is 1. The van der Waals surface area contributed by atoms with E-state index in [1.54, 1.807) is 29.5 Å². The summed E-state index contributed by atoms with van der Waals surface area (Å²) in [5.74, 6) is 0.447. The predicted molar refractivity (Wildman–Crippen MR) is 79.5 cm³/mol. The molecule has 0 aliphatic carbocycles. The van der Waals surface area contributed by atoms with Crippen molar-refractivity contribution in [2.24, 2.45) is 0 Å². The van der Waals surface area contributed by atoms with Crippen LogP contribution in [0.15, 0.2) is 52.3 Å². The number of benzene rings is 1. The molecule has 0 atom stereocenters. The van der Waals surface area contributed by atoms with Crippen LogP contribution in [-0.2, 0) is 0 Å². The zero-order valence-electron chi connectivity index (χ0n) is 10.7. The summed E-state index contributed by atoms with van der Waals surface area (Å²) in [6, 6.07) is 11.8. The third kappa shape index (κ3) is 2.48. The fraction of sp³-hybridized carbons (Fsp3) is 0. The number of carbonyl (C=O) groups excluding carboxylic acids is 1. The van der Waals surface area contributed by atoms with Gasteiger partial charge in [0.25, 0.3) is 5.69 Å². The molecule has 0 aliphatic heterocycles. The van der Waals surface area contributed by atoms with Crippen molar-refractivity contribution in [2.45, 2.75) is 0 Å². The van der Waals surface area contributed by atoms with Gasteiger partial charge in [-0.2, -0.15) is 0 Å². The van der Waals surface area contributed by atoms with E-state index in [0.717, 1.165) is 10.4 Å². The van der Waals surface area contributed by atoms with E-state index < -0.39 is 4.92 Å². The van der Waals surface area contributed by atoms with Gasteiger partial charge in [-0.25, -0.2) is 0 Å². The molecule has 2 aromatic heterocycles. The molecule has 104 valence electrons. The number of hydrogen-bond donors (Lipinski definition) is 0. The topological polar surface area (TPSA) is 73.3 Å². The highest BCUT2D eigenvalue weighted by Gasteiger charge is 2.19. The highest BCUT2D eigenvalue weighted by molar-refractivity contribution is 7.13. The molecule has 5 nitrogen and oxygen atoms in total. The Bertz CT molecular complexity index is 805. The lowest BCUT2D eigenvalue weighted by molar-refractivity contribution is -0.384. The van der Waals surface area contributed by atoms with Crippen molar-refractivity contribution in [3.05, 3.63) is 63.7 Å². The van der Waals surface area contributed by atoms with Crippen LogP contribution in [0.2, 0.25) is 0 Å². The smallest absolute Gasteiger partial charge is 0.280 e. The maximum absolute atomic E-state index is 11.2. The number of nitro groups is 1. The second kappa shape index (κ2) is 5.34. The van der Waals surface area contributed by atoms with Crippen molar-refractivity contribution in [2.75, 3.05) is 0 Å². The van der Waals surface area contributed by atoms with E-state index in [1.165, 1.54) is 12.1 Å². The van der Waals surface area contributed by atoms with Crippen molar-refractivity contribution in [1.82, 2.24) is 0 Å². The molecule has 0 N–H and O–H groups in total. The minimum atomic E-state index is -0.462. The summed E-state index contributed by atoms with van der Waals surface area (Å²) in [7, 11) is 0. The first kappa shape index (κ1) is 13.3. The molecule has 2 heterocycles. The second-order valence-corrected chi connectivity index (χ2v) is 5.23. The molecule has 0 saturated carbocycles. The summed E-state index contributed by atoms with van der Waals surface area (Å²) in [4.78, 5) is 22.4. The zero-order valence-corrected chi connectivity index (χ0v) is 11.5. The molecule has 0 fully saturated rings. The summed E-state index contributed by atoms with van der Waals surface area (Å²) in [5.41, 5.74) is 1.18. The van der Waals surface area contributed by atoms with Crippen LogP contribution in [0.1, 0.15) is 10.6 Å². The SMILES string of the molecule is O=Cc1ccc(-c2cc(-c3cccs3)ccc2[N+](=O)[O-])o1. The highest BCUT2D eigenvalue weighted by Crippen LogP contribution is 2.36. The van der Waals surface area contributed by atoms with Crippen LogP contribution in [0.5, 0.6) is 0 Å². The molecule has 0 saturated heterocycles. The number of nitro benzene ring substituents is 1. The van der Waals surface area contributed by atoms with Gasteiger partial charge in [-0.05, 0) is 41.3 Å². The van der Waals surface area contributed by atoms with Crippen LogP contribution in [0.4, 0.5) is 5.69 Å². The maximum atomic E-state index is 11.2. The molecule has 0 aliphatic rings. The predicted octanol–water partition coefficient (Wildman–Crippen LogP) is 4.40. The minimum Gasteiger partial charge on any atom is -0.453 e. The van der Waals surface area contributed by atoms with Gasteiger partial charge in [-0.3, -0.25) is 14.9 Å². The third-order valence-corrected chi connectivity index (χ3v) is 3.93. The standard InChI is InChI=1S/C15H9NO4S/c17-9-11-4-6-14(20-11)12-8-10(15-2-1-7-21-15)3-5-13(12)16(18)19/h1-9H. The van der Waals surface area contributed by atoms with Crippen LogP contribution in [0, 0.1) is 10.1 Å². The fourth-order valence-corrected chi connectivity index (χ4v) is 2.77. The Hall–Kier alpha value is -2.73. The van der Waals surface area contributed by atoms with Crippen LogP contribution < -0.4 is 0 Å². The van der Waals surface area contributed by atoms with E-state index in [4.69, 9.17) is 4.42 Å². The molecule has 0 spiro atoms. The quantitative estimate of drug-likeness (QED) is 0.406. The molecule has 1 aromatic carbocycles. The first-order chi connectivity index (χ1) is 10.2. The third-order valence-electron chi connectivity index (χ3n) is 3.01. The number of rotatable bonds is 4. The van der Waals surface area contributed by atoms with Crippen LogP contribution >= 0.6 is 11.3 Å². The molecule has 0 bridgehead atoms. The lowest BCUT2D eigenvalue weighted by atomic mass is 10.1. The van der Waals surface area contributed by atoms with Gasteiger partial charge >= 0.3 is 0 Å². The van der Waals surface area contributed by atoms with Crippen molar-refractivity contribution < 1.29 is 14.1 Å². The van der Waals surface area contributed by atoms with E-state index in [0.29, 0.717) is 17.6 Å². The monoisotopic (exact) mass is 299 g/mol. The molecule has 0 radical (unpaired) electrons. The van der Waals surface area contributed by atoms with Crippen molar-refractivity contribution in [3.63, 3.8) is 0 Å². The van der Waals surface area contributed by atoms with E-state index >= 15 is 0 Å². The van der Waals surface area contributed by atoms with Gasteiger partial charge in [0.2, 0.25) is 0 Å². The van der Waals surface area contributed by atoms with E-state index in [1.807, 2.05) is 17.5 Å². The maximum Gasteiger partial charge on any atom is 0.280 e. The lowest BCUT2D eigenvalue weighted by Gasteiger charge is -2.03. The summed E-state index contributed by atoms with van der Waals surface area (Å²) in [5, 5.41) is 13.1. The van der Waals surface area contributed by atoms with Gasteiger partial charge in [0.15, 0.2) is 12.0 Å². The molecule has 21 heavy (non-hydrogen) atoms.